The molecule has 3 rings (SSSR count). The molecular formula is C16H21N5O3. The number of ether oxygens (including phenoxy) is 1. The summed E-state index contributed by atoms with van der Waals surface area (Å²) in [6, 6.07) is 1.77. The summed E-state index contributed by atoms with van der Waals surface area (Å²) in [6.45, 7) is 0.760. The first kappa shape index (κ1) is 16.4. The first-order valence-electron chi connectivity index (χ1n) is 7.87. The van der Waals surface area contributed by atoms with Gasteiger partial charge in [-0.2, -0.15) is 5.10 Å². The van der Waals surface area contributed by atoms with Crippen LogP contribution in [0.1, 0.15) is 34.9 Å². The SMILES string of the molecule is COCC(=O)N1CCCC1c1ccnc2c(C(=O)N(C)C)cnn12. The third-order valence-electron chi connectivity index (χ3n) is 4.25. The third kappa shape index (κ3) is 2.73. The van der Waals surface area contributed by atoms with E-state index in [0.717, 1.165) is 18.5 Å². The van der Waals surface area contributed by atoms with Crippen molar-refractivity contribution in [1.29, 1.82) is 0 Å². The van der Waals surface area contributed by atoms with Crippen molar-refractivity contribution in [2.75, 3.05) is 34.4 Å². The molecule has 1 saturated heterocycles. The Morgan fingerprint density at radius 3 is 2.92 bits per heavy atom. The van der Waals surface area contributed by atoms with E-state index in [1.807, 2.05) is 11.0 Å². The Kier molecular flexibility index (Phi) is 4.48. The van der Waals surface area contributed by atoms with Crippen LogP contribution in [0.15, 0.2) is 18.5 Å². The maximum Gasteiger partial charge on any atom is 0.258 e. The summed E-state index contributed by atoms with van der Waals surface area (Å²) in [6.07, 6.45) is 4.97. The number of likely N-dealkylation sites (tertiary alicyclic amines) is 1. The summed E-state index contributed by atoms with van der Waals surface area (Å²) in [7, 11) is 4.90. The van der Waals surface area contributed by atoms with Crippen molar-refractivity contribution < 1.29 is 14.3 Å². The minimum absolute atomic E-state index is 0.0401. The second-order valence-electron chi connectivity index (χ2n) is 6.04. The smallest absolute Gasteiger partial charge is 0.258 e. The fraction of sp³-hybridized carbons (Fsp3) is 0.500. The van der Waals surface area contributed by atoms with Crippen LogP contribution in [0.2, 0.25) is 0 Å². The van der Waals surface area contributed by atoms with Gasteiger partial charge in [0, 0.05) is 33.9 Å². The van der Waals surface area contributed by atoms with Crippen LogP contribution in [0.5, 0.6) is 0 Å². The Morgan fingerprint density at radius 1 is 1.42 bits per heavy atom. The number of rotatable bonds is 4. The summed E-state index contributed by atoms with van der Waals surface area (Å²) in [5, 5.41) is 4.34. The number of hydrogen-bond donors (Lipinski definition) is 0. The lowest BCUT2D eigenvalue weighted by molar-refractivity contribution is -0.136. The van der Waals surface area contributed by atoms with Crippen LogP contribution in [-0.4, -0.2) is 70.6 Å². The number of aromatic nitrogens is 3. The quantitative estimate of drug-likeness (QED) is 0.825. The molecule has 2 aromatic rings. The molecule has 0 radical (unpaired) electrons. The topological polar surface area (TPSA) is 80.0 Å². The fourth-order valence-corrected chi connectivity index (χ4v) is 3.13. The zero-order chi connectivity index (χ0) is 17.3. The number of carbonyl (C=O) groups is 2. The minimum atomic E-state index is -0.145. The second kappa shape index (κ2) is 6.56. The Hall–Kier alpha value is -2.48. The first-order valence-corrected chi connectivity index (χ1v) is 7.87. The van der Waals surface area contributed by atoms with Crippen molar-refractivity contribution in [3.8, 4) is 0 Å². The van der Waals surface area contributed by atoms with Gasteiger partial charge in [-0.05, 0) is 18.9 Å². The number of fused-ring (bicyclic) bond motifs is 1. The maximum absolute atomic E-state index is 12.3. The molecule has 24 heavy (non-hydrogen) atoms. The molecule has 1 aliphatic heterocycles. The zero-order valence-corrected chi connectivity index (χ0v) is 14.1. The van der Waals surface area contributed by atoms with Gasteiger partial charge in [0.25, 0.3) is 5.91 Å². The predicted molar refractivity (Wildman–Crippen MR) is 86.6 cm³/mol. The van der Waals surface area contributed by atoms with E-state index >= 15 is 0 Å². The lowest BCUT2D eigenvalue weighted by atomic mass is 10.1. The summed E-state index contributed by atoms with van der Waals surface area (Å²) in [5.74, 6) is -0.185. The van der Waals surface area contributed by atoms with Gasteiger partial charge in [0.2, 0.25) is 5.91 Å². The van der Waals surface area contributed by atoms with Crippen LogP contribution in [0.25, 0.3) is 5.65 Å². The molecule has 2 aromatic heterocycles. The Balaban J connectivity index is 2.01. The molecule has 0 spiro atoms. The summed E-state index contributed by atoms with van der Waals surface area (Å²) in [4.78, 5) is 32.1. The molecule has 0 saturated carbocycles. The Morgan fingerprint density at radius 2 is 2.21 bits per heavy atom. The molecule has 1 unspecified atom stereocenters. The van der Waals surface area contributed by atoms with Gasteiger partial charge < -0.3 is 14.5 Å². The highest BCUT2D eigenvalue weighted by Gasteiger charge is 2.32. The molecule has 8 nitrogen and oxygen atoms in total. The molecule has 1 atom stereocenters. The van der Waals surface area contributed by atoms with Gasteiger partial charge in [0.1, 0.15) is 12.2 Å². The fourth-order valence-electron chi connectivity index (χ4n) is 3.13. The van der Waals surface area contributed by atoms with Gasteiger partial charge in [-0.3, -0.25) is 9.59 Å². The summed E-state index contributed by atoms with van der Waals surface area (Å²) in [5.41, 5.74) is 1.83. The average Bonchev–Trinajstić information content (AvgIpc) is 3.21. The molecule has 0 aromatic carbocycles. The van der Waals surface area contributed by atoms with Crippen molar-refractivity contribution in [2.45, 2.75) is 18.9 Å². The normalized spacial score (nSPS) is 17.5. The van der Waals surface area contributed by atoms with E-state index < -0.39 is 0 Å². The number of methoxy groups -OCH3 is 1. The van der Waals surface area contributed by atoms with Crippen molar-refractivity contribution in [3.63, 3.8) is 0 Å². The van der Waals surface area contributed by atoms with Crippen molar-refractivity contribution in [3.05, 3.63) is 29.7 Å². The van der Waals surface area contributed by atoms with Gasteiger partial charge in [-0.25, -0.2) is 9.50 Å². The van der Waals surface area contributed by atoms with Gasteiger partial charge in [-0.1, -0.05) is 0 Å². The second-order valence-corrected chi connectivity index (χ2v) is 6.04. The van der Waals surface area contributed by atoms with Crippen LogP contribution in [0.3, 0.4) is 0 Å². The molecule has 1 aliphatic rings. The number of nitrogens with zero attached hydrogens (tertiary/aromatic N) is 5. The molecular weight excluding hydrogens is 310 g/mol. The van der Waals surface area contributed by atoms with Gasteiger partial charge >= 0.3 is 0 Å². The third-order valence-corrected chi connectivity index (χ3v) is 4.25. The van der Waals surface area contributed by atoms with E-state index in [1.165, 1.54) is 18.2 Å². The van der Waals surface area contributed by atoms with E-state index in [0.29, 0.717) is 17.8 Å². The molecule has 0 N–H and O–H groups in total. The van der Waals surface area contributed by atoms with Crippen LogP contribution >= 0.6 is 0 Å². The van der Waals surface area contributed by atoms with Crippen LogP contribution in [0, 0.1) is 0 Å². The zero-order valence-electron chi connectivity index (χ0n) is 14.1. The number of hydrogen-bond acceptors (Lipinski definition) is 5. The van der Waals surface area contributed by atoms with E-state index in [9.17, 15) is 9.59 Å². The maximum atomic E-state index is 12.3. The highest BCUT2D eigenvalue weighted by Crippen LogP contribution is 2.32. The molecule has 1 fully saturated rings. The average molecular weight is 331 g/mol. The van der Waals surface area contributed by atoms with E-state index in [2.05, 4.69) is 10.1 Å². The number of carbonyl (C=O) groups excluding carboxylic acids is 2. The molecule has 0 aliphatic carbocycles. The standard InChI is InChI=1S/C16H21N5O3/c1-19(2)16(23)11-9-18-21-13(6-7-17-15(11)21)12-5-4-8-20(12)14(22)10-24-3/h6-7,9,12H,4-5,8,10H2,1-3H3. The highest BCUT2D eigenvalue weighted by molar-refractivity contribution is 5.99. The van der Waals surface area contributed by atoms with Crippen LogP contribution in [0.4, 0.5) is 0 Å². The van der Waals surface area contributed by atoms with Crippen molar-refractivity contribution in [1.82, 2.24) is 24.4 Å². The molecule has 8 heteroatoms. The van der Waals surface area contributed by atoms with Gasteiger partial charge in [-0.15, -0.1) is 0 Å². The Labute approximate surface area is 140 Å². The van der Waals surface area contributed by atoms with Gasteiger partial charge in [0.15, 0.2) is 5.65 Å². The van der Waals surface area contributed by atoms with E-state index in [1.54, 1.807) is 24.8 Å². The van der Waals surface area contributed by atoms with Crippen molar-refractivity contribution in [2.24, 2.45) is 0 Å². The van der Waals surface area contributed by atoms with Crippen molar-refractivity contribution >= 4 is 17.5 Å². The van der Waals surface area contributed by atoms with Crippen LogP contribution < -0.4 is 0 Å². The number of amides is 2. The van der Waals surface area contributed by atoms with E-state index in [-0.39, 0.29) is 24.5 Å². The molecule has 2 amide bonds. The largest absolute Gasteiger partial charge is 0.375 e. The molecule has 0 bridgehead atoms. The Bertz CT molecular complexity index is 770. The van der Waals surface area contributed by atoms with Gasteiger partial charge in [0.05, 0.1) is 17.9 Å². The van der Waals surface area contributed by atoms with E-state index in [4.69, 9.17) is 4.74 Å². The first-order chi connectivity index (χ1) is 11.5. The summed E-state index contributed by atoms with van der Waals surface area (Å²) >= 11 is 0. The predicted octanol–water partition coefficient (Wildman–Crippen LogP) is 0.741. The minimum Gasteiger partial charge on any atom is -0.375 e. The van der Waals surface area contributed by atoms with Crippen LogP contribution in [-0.2, 0) is 9.53 Å². The molecule has 128 valence electrons. The lowest BCUT2D eigenvalue weighted by Gasteiger charge is -2.25. The molecule has 3 heterocycles. The summed E-state index contributed by atoms with van der Waals surface area (Å²) < 4.78 is 6.64. The monoisotopic (exact) mass is 331 g/mol. The lowest BCUT2D eigenvalue weighted by Crippen LogP contribution is -2.34. The highest BCUT2D eigenvalue weighted by atomic mass is 16.5.